The Morgan fingerprint density at radius 3 is 2.70 bits per heavy atom. The molecule has 0 aliphatic heterocycles. The van der Waals surface area contributed by atoms with Crippen LogP contribution in [-0.2, 0) is 0 Å². The molecule has 0 aliphatic carbocycles. The SMILES string of the molecule is COc1ccc(C(=O)Nc2ccccc2C#N)cc1I. The van der Waals surface area contributed by atoms with E-state index in [0.29, 0.717) is 16.8 Å². The number of halogens is 1. The van der Waals surface area contributed by atoms with E-state index in [1.807, 2.05) is 6.07 Å². The van der Waals surface area contributed by atoms with E-state index in [1.54, 1.807) is 49.6 Å². The molecule has 4 nitrogen and oxygen atoms in total. The lowest BCUT2D eigenvalue weighted by atomic mass is 10.1. The molecule has 0 spiro atoms. The summed E-state index contributed by atoms with van der Waals surface area (Å²) in [5.41, 5.74) is 1.46. The monoisotopic (exact) mass is 378 g/mol. The van der Waals surface area contributed by atoms with Gasteiger partial charge in [0.25, 0.3) is 5.91 Å². The number of nitrogens with one attached hydrogen (secondary N) is 1. The lowest BCUT2D eigenvalue weighted by Crippen LogP contribution is -2.13. The molecular formula is C15H11IN2O2. The number of hydrogen-bond donors (Lipinski definition) is 1. The lowest BCUT2D eigenvalue weighted by molar-refractivity contribution is 0.102. The van der Waals surface area contributed by atoms with Gasteiger partial charge in [0.05, 0.1) is 21.9 Å². The summed E-state index contributed by atoms with van der Waals surface area (Å²) < 4.78 is 6.01. The van der Waals surface area contributed by atoms with Crippen molar-refractivity contribution in [2.45, 2.75) is 0 Å². The summed E-state index contributed by atoms with van der Waals surface area (Å²) in [5.74, 6) is 0.466. The lowest BCUT2D eigenvalue weighted by Gasteiger charge is -2.08. The minimum absolute atomic E-state index is 0.256. The summed E-state index contributed by atoms with van der Waals surface area (Å²) in [7, 11) is 1.58. The van der Waals surface area contributed by atoms with Crippen LogP contribution < -0.4 is 10.1 Å². The van der Waals surface area contributed by atoms with Gasteiger partial charge in [0.2, 0.25) is 0 Å². The molecule has 5 heteroatoms. The molecule has 0 saturated carbocycles. The number of anilines is 1. The van der Waals surface area contributed by atoms with Crippen LogP contribution in [0, 0.1) is 14.9 Å². The van der Waals surface area contributed by atoms with Gasteiger partial charge in [-0.1, -0.05) is 12.1 Å². The first-order valence-corrected chi connectivity index (χ1v) is 6.87. The van der Waals surface area contributed by atoms with Crippen LogP contribution in [0.1, 0.15) is 15.9 Å². The number of benzene rings is 2. The first-order valence-electron chi connectivity index (χ1n) is 5.79. The van der Waals surface area contributed by atoms with E-state index in [4.69, 9.17) is 10.00 Å². The molecule has 0 bridgehead atoms. The Labute approximate surface area is 130 Å². The first-order chi connectivity index (χ1) is 9.65. The number of methoxy groups -OCH3 is 1. The molecule has 0 aliphatic rings. The summed E-state index contributed by atoms with van der Waals surface area (Å²) >= 11 is 2.11. The second-order valence-electron chi connectivity index (χ2n) is 3.96. The molecule has 100 valence electrons. The smallest absolute Gasteiger partial charge is 0.255 e. The van der Waals surface area contributed by atoms with Crippen molar-refractivity contribution >= 4 is 34.2 Å². The summed E-state index contributed by atoms with van der Waals surface area (Å²) in [6, 6.07) is 14.1. The summed E-state index contributed by atoms with van der Waals surface area (Å²) in [5, 5.41) is 11.7. The van der Waals surface area contributed by atoms with Crippen LogP contribution in [0.3, 0.4) is 0 Å². The van der Waals surface area contributed by atoms with Gasteiger partial charge in [-0.15, -0.1) is 0 Å². The highest BCUT2D eigenvalue weighted by Gasteiger charge is 2.10. The van der Waals surface area contributed by atoms with Gasteiger partial charge in [-0.05, 0) is 52.9 Å². The van der Waals surface area contributed by atoms with Gasteiger partial charge < -0.3 is 10.1 Å². The standard InChI is InChI=1S/C15H11IN2O2/c1-20-14-7-6-10(8-12(14)16)15(19)18-13-5-3-2-4-11(13)9-17/h2-8H,1H3,(H,18,19). The molecule has 2 rings (SSSR count). The number of amides is 1. The van der Waals surface area contributed by atoms with Crippen LogP contribution in [0.4, 0.5) is 5.69 Å². The van der Waals surface area contributed by atoms with E-state index >= 15 is 0 Å². The zero-order chi connectivity index (χ0) is 14.5. The predicted octanol–water partition coefficient (Wildman–Crippen LogP) is 3.42. The molecule has 2 aromatic rings. The third-order valence-electron chi connectivity index (χ3n) is 2.71. The van der Waals surface area contributed by atoms with Crippen molar-refractivity contribution in [3.05, 3.63) is 57.2 Å². The van der Waals surface area contributed by atoms with E-state index in [1.165, 1.54) is 0 Å². The quantitative estimate of drug-likeness (QED) is 0.833. The largest absolute Gasteiger partial charge is 0.496 e. The third-order valence-corrected chi connectivity index (χ3v) is 3.55. The predicted molar refractivity (Wildman–Crippen MR) is 84.8 cm³/mol. The third kappa shape index (κ3) is 3.08. The van der Waals surface area contributed by atoms with Crippen molar-refractivity contribution in [3.63, 3.8) is 0 Å². The minimum Gasteiger partial charge on any atom is -0.496 e. The Hall–Kier alpha value is -2.07. The number of rotatable bonds is 3. The van der Waals surface area contributed by atoms with Gasteiger partial charge in [0, 0.05) is 5.56 Å². The van der Waals surface area contributed by atoms with Crippen molar-refractivity contribution in [2.75, 3.05) is 12.4 Å². The maximum absolute atomic E-state index is 12.2. The van der Waals surface area contributed by atoms with Gasteiger partial charge in [0.15, 0.2) is 0 Å². The van der Waals surface area contributed by atoms with Crippen LogP contribution >= 0.6 is 22.6 Å². The number of hydrogen-bond acceptors (Lipinski definition) is 3. The molecule has 0 heterocycles. The number of ether oxygens (including phenoxy) is 1. The van der Waals surface area contributed by atoms with Crippen molar-refractivity contribution < 1.29 is 9.53 Å². The number of nitriles is 1. The van der Waals surface area contributed by atoms with Crippen molar-refractivity contribution in [1.29, 1.82) is 5.26 Å². The summed E-state index contributed by atoms with van der Waals surface area (Å²) in [6.07, 6.45) is 0. The fourth-order valence-corrected chi connectivity index (χ4v) is 2.43. The highest BCUT2D eigenvalue weighted by atomic mass is 127. The second kappa shape index (κ2) is 6.39. The van der Waals surface area contributed by atoms with Crippen LogP contribution in [0.15, 0.2) is 42.5 Å². The van der Waals surface area contributed by atoms with E-state index in [9.17, 15) is 4.79 Å². The van der Waals surface area contributed by atoms with Crippen molar-refractivity contribution in [1.82, 2.24) is 0 Å². The summed E-state index contributed by atoms with van der Waals surface area (Å²) in [6.45, 7) is 0. The van der Waals surface area contributed by atoms with Crippen molar-refractivity contribution in [3.8, 4) is 11.8 Å². The molecule has 0 aromatic heterocycles. The van der Waals surface area contributed by atoms with Gasteiger partial charge in [-0.3, -0.25) is 4.79 Å². The fraction of sp³-hybridized carbons (Fsp3) is 0.0667. The molecule has 0 fully saturated rings. The van der Waals surface area contributed by atoms with Crippen LogP contribution in [-0.4, -0.2) is 13.0 Å². The molecule has 0 atom stereocenters. The Balaban J connectivity index is 2.25. The van der Waals surface area contributed by atoms with Crippen LogP contribution in [0.25, 0.3) is 0 Å². The molecule has 0 saturated heterocycles. The number of nitrogens with zero attached hydrogens (tertiary/aromatic N) is 1. The highest BCUT2D eigenvalue weighted by molar-refractivity contribution is 14.1. The Bertz CT molecular complexity index is 693. The highest BCUT2D eigenvalue weighted by Crippen LogP contribution is 2.22. The average molecular weight is 378 g/mol. The van der Waals surface area contributed by atoms with Crippen molar-refractivity contribution in [2.24, 2.45) is 0 Å². The minimum atomic E-state index is -0.256. The molecule has 1 N–H and O–H groups in total. The Morgan fingerprint density at radius 2 is 2.05 bits per heavy atom. The second-order valence-corrected chi connectivity index (χ2v) is 5.12. The van der Waals surface area contributed by atoms with E-state index in [2.05, 4.69) is 27.9 Å². The van der Waals surface area contributed by atoms with E-state index < -0.39 is 0 Å². The van der Waals surface area contributed by atoms with E-state index in [0.717, 1.165) is 9.32 Å². The number of carbonyl (C=O) groups excluding carboxylic acids is 1. The molecule has 1 amide bonds. The summed E-state index contributed by atoms with van der Waals surface area (Å²) in [4.78, 5) is 12.2. The van der Waals surface area contributed by atoms with E-state index in [-0.39, 0.29) is 5.91 Å². The Morgan fingerprint density at radius 1 is 1.30 bits per heavy atom. The van der Waals surface area contributed by atoms with Crippen LogP contribution in [0.5, 0.6) is 5.75 Å². The fourth-order valence-electron chi connectivity index (χ4n) is 1.69. The molecule has 0 unspecified atom stereocenters. The van der Waals surface area contributed by atoms with Gasteiger partial charge in [-0.25, -0.2) is 0 Å². The average Bonchev–Trinajstić information content (AvgIpc) is 2.47. The number of para-hydroxylation sites is 1. The van der Waals surface area contributed by atoms with Gasteiger partial charge >= 0.3 is 0 Å². The van der Waals surface area contributed by atoms with Gasteiger partial charge in [0.1, 0.15) is 11.8 Å². The number of carbonyl (C=O) groups is 1. The molecule has 2 aromatic carbocycles. The maximum atomic E-state index is 12.2. The normalized spacial score (nSPS) is 9.65. The van der Waals surface area contributed by atoms with Gasteiger partial charge in [-0.2, -0.15) is 5.26 Å². The maximum Gasteiger partial charge on any atom is 0.255 e. The molecule has 20 heavy (non-hydrogen) atoms. The first kappa shape index (κ1) is 14.3. The molecular weight excluding hydrogens is 367 g/mol. The zero-order valence-electron chi connectivity index (χ0n) is 10.7. The Kier molecular flexibility index (Phi) is 4.58. The molecule has 0 radical (unpaired) electrons. The van der Waals surface area contributed by atoms with Crippen LogP contribution in [0.2, 0.25) is 0 Å². The topological polar surface area (TPSA) is 62.1 Å². The zero-order valence-corrected chi connectivity index (χ0v) is 12.8.